The minimum atomic E-state index is -0.0519. The van der Waals surface area contributed by atoms with Crippen LogP contribution in [0.1, 0.15) is 47.3 Å². The molecule has 1 heterocycles. The van der Waals surface area contributed by atoms with Crippen LogP contribution < -0.4 is 10.1 Å². The molecule has 3 rings (SSSR count). The fourth-order valence-electron chi connectivity index (χ4n) is 3.50. The van der Waals surface area contributed by atoms with Crippen molar-refractivity contribution in [2.24, 2.45) is 0 Å². The zero-order valence-corrected chi connectivity index (χ0v) is 14.3. The molecular weight excluding hydrogens is 306 g/mol. The van der Waals surface area contributed by atoms with Gasteiger partial charge in [-0.1, -0.05) is 37.5 Å². The van der Waals surface area contributed by atoms with Crippen molar-refractivity contribution in [2.75, 3.05) is 13.7 Å². The molecule has 1 N–H and O–H groups in total. The Morgan fingerprint density at radius 1 is 1.17 bits per heavy atom. The SMILES string of the molecule is COc1ccccc1C(=O)NCC1(c2cccs2)CCCCC1. The van der Waals surface area contributed by atoms with Gasteiger partial charge in [-0.3, -0.25) is 4.79 Å². The van der Waals surface area contributed by atoms with Gasteiger partial charge in [0.2, 0.25) is 0 Å². The van der Waals surface area contributed by atoms with E-state index in [4.69, 9.17) is 4.74 Å². The van der Waals surface area contributed by atoms with Gasteiger partial charge in [-0.15, -0.1) is 11.3 Å². The molecule has 1 aromatic heterocycles. The summed E-state index contributed by atoms with van der Waals surface area (Å²) in [6.45, 7) is 0.699. The van der Waals surface area contributed by atoms with Crippen molar-refractivity contribution in [1.82, 2.24) is 5.32 Å². The lowest BCUT2D eigenvalue weighted by molar-refractivity contribution is 0.0934. The highest BCUT2D eigenvalue weighted by atomic mass is 32.1. The molecule has 1 fully saturated rings. The third-order valence-electron chi connectivity index (χ3n) is 4.79. The Morgan fingerprint density at radius 3 is 2.65 bits per heavy atom. The van der Waals surface area contributed by atoms with Crippen LogP contribution in [0.2, 0.25) is 0 Å². The maximum Gasteiger partial charge on any atom is 0.255 e. The first-order valence-electron chi connectivity index (χ1n) is 8.20. The molecule has 1 saturated carbocycles. The summed E-state index contributed by atoms with van der Waals surface area (Å²) in [6, 6.07) is 11.7. The fourth-order valence-corrected chi connectivity index (χ4v) is 4.48. The first-order valence-corrected chi connectivity index (χ1v) is 9.08. The van der Waals surface area contributed by atoms with Gasteiger partial charge in [0.25, 0.3) is 5.91 Å². The molecule has 0 atom stereocenters. The number of ether oxygens (including phenoxy) is 1. The van der Waals surface area contributed by atoms with Gasteiger partial charge >= 0.3 is 0 Å². The van der Waals surface area contributed by atoms with Crippen molar-refractivity contribution in [3.8, 4) is 5.75 Å². The van der Waals surface area contributed by atoms with Crippen molar-refractivity contribution in [3.63, 3.8) is 0 Å². The zero-order chi connectivity index (χ0) is 16.1. The van der Waals surface area contributed by atoms with E-state index in [1.54, 1.807) is 7.11 Å². The van der Waals surface area contributed by atoms with Gasteiger partial charge in [0.1, 0.15) is 5.75 Å². The Balaban J connectivity index is 1.75. The number of carbonyl (C=O) groups is 1. The van der Waals surface area contributed by atoms with Gasteiger partial charge < -0.3 is 10.1 Å². The molecule has 23 heavy (non-hydrogen) atoms. The van der Waals surface area contributed by atoms with Crippen molar-refractivity contribution < 1.29 is 9.53 Å². The van der Waals surface area contributed by atoms with E-state index in [1.807, 2.05) is 35.6 Å². The predicted molar refractivity (Wildman–Crippen MR) is 94.4 cm³/mol. The second-order valence-corrected chi connectivity index (χ2v) is 7.15. The second kappa shape index (κ2) is 7.18. The highest BCUT2D eigenvalue weighted by molar-refractivity contribution is 7.10. The van der Waals surface area contributed by atoms with E-state index in [1.165, 1.54) is 24.1 Å². The van der Waals surface area contributed by atoms with Crippen LogP contribution in [-0.4, -0.2) is 19.6 Å². The summed E-state index contributed by atoms with van der Waals surface area (Å²) in [6.07, 6.45) is 6.08. The van der Waals surface area contributed by atoms with Crippen LogP contribution in [0.5, 0.6) is 5.75 Å². The molecule has 0 radical (unpaired) electrons. The van der Waals surface area contributed by atoms with E-state index in [2.05, 4.69) is 22.8 Å². The number of hydrogen-bond acceptors (Lipinski definition) is 3. The molecule has 3 nitrogen and oxygen atoms in total. The Hall–Kier alpha value is -1.81. The van der Waals surface area contributed by atoms with Crippen LogP contribution in [0.4, 0.5) is 0 Å². The van der Waals surface area contributed by atoms with Crippen LogP contribution in [-0.2, 0) is 5.41 Å². The number of hydrogen-bond donors (Lipinski definition) is 1. The molecule has 0 spiro atoms. The zero-order valence-electron chi connectivity index (χ0n) is 13.5. The Bertz CT molecular complexity index is 645. The Labute approximate surface area is 141 Å². The van der Waals surface area contributed by atoms with Crippen molar-refractivity contribution in [3.05, 3.63) is 52.2 Å². The molecular formula is C19H23NO2S. The van der Waals surface area contributed by atoms with Gasteiger partial charge in [0, 0.05) is 16.8 Å². The Morgan fingerprint density at radius 2 is 1.96 bits per heavy atom. The first kappa shape index (κ1) is 16.1. The lowest BCUT2D eigenvalue weighted by Gasteiger charge is -2.36. The summed E-state index contributed by atoms with van der Waals surface area (Å²) in [5, 5.41) is 5.29. The number of thiophene rings is 1. The highest BCUT2D eigenvalue weighted by Gasteiger charge is 2.35. The largest absolute Gasteiger partial charge is 0.496 e. The number of amides is 1. The van der Waals surface area contributed by atoms with E-state index in [0.29, 0.717) is 17.9 Å². The third-order valence-corrected chi connectivity index (χ3v) is 5.91. The van der Waals surface area contributed by atoms with Crippen LogP contribution in [0.15, 0.2) is 41.8 Å². The van der Waals surface area contributed by atoms with E-state index < -0.39 is 0 Å². The van der Waals surface area contributed by atoms with Crippen molar-refractivity contribution in [1.29, 1.82) is 0 Å². The number of carbonyl (C=O) groups excluding carboxylic acids is 1. The van der Waals surface area contributed by atoms with E-state index >= 15 is 0 Å². The number of benzene rings is 1. The molecule has 1 amide bonds. The molecule has 0 aliphatic heterocycles. The number of rotatable bonds is 5. The van der Waals surface area contributed by atoms with Gasteiger partial charge in [-0.05, 0) is 36.4 Å². The van der Waals surface area contributed by atoms with Crippen LogP contribution in [0.25, 0.3) is 0 Å². The maximum atomic E-state index is 12.6. The summed E-state index contributed by atoms with van der Waals surface area (Å²) < 4.78 is 5.30. The summed E-state index contributed by atoms with van der Waals surface area (Å²) in [5.74, 6) is 0.572. The van der Waals surface area contributed by atoms with Gasteiger partial charge in [-0.2, -0.15) is 0 Å². The summed E-state index contributed by atoms with van der Waals surface area (Å²) >= 11 is 1.81. The smallest absolute Gasteiger partial charge is 0.255 e. The lowest BCUT2D eigenvalue weighted by atomic mass is 9.73. The lowest BCUT2D eigenvalue weighted by Crippen LogP contribution is -2.41. The standard InChI is InChI=1S/C19H23NO2S/c1-22-16-9-4-3-8-15(16)18(21)20-14-19(11-5-2-6-12-19)17-10-7-13-23-17/h3-4,7-10,13H,2,5-6,11-12,14H2,1H3,(H,20,21). The second-order valence-electron chi connectivity index (χ2n) is 6.20. The summed E-state index contributed by atoms with van der Waals surface area (Å²) in [7, 11) is 1.60. The van der Waals surface area contributed by atoms with Crippen molar-refractivity contribution >= 4 is 17.2 Å². The molecule has 1 aromatic carbocycles. The molecule has 4 heteroatoms. The van der Waals surface area contributed by atoms with E-state index in [0.717, 1.165) is 12.8 Å². The van der Waals surface area contributed by atoms with Gasteiger partial charge in [0.05, 0.1) is 12.7 Å². The van der Waals surface area contributed by atoms with Crippen LogP contribution in [0, 0.1) is 0 Å². The number of nitrogens with one attached hydrogen (secondary N) is 1. The quantitative estimate of drug-likeness (QED) is 0.883. The third kappa shape index (κ3) is 3.42. The number of methoxy groups -OCH3 is 1. The van der Waals surface area contributed by atoms with Crippen LogP contribution >= 0.6 is 11.3 Å². The minimum Gasteiger partial charge on any atom is -0.496 e. The predicted octanol–water partition coefficient (Wildman–Crippen LogP) is 4.39. The topological polar surface area (TPSA) is 38.3 Å². The molecule has 1 aliphatic rings. The average molecular weight is 329 g/mol. The molecule has 0 unspecified atom stereocenters. The van der Waals surface area contributed by atoms with Gasteiger partial charge in [0.15, 0.2) is 0 Å². The van der Waals surface area contributed by atoms with E-state index in [9.17, 15) is 4.79 Å². The molecule has 122 valence electrons. The molecule has 1 aliphatic carbocycles. The minimum absolute atomic E-state index is 0.0519. The summed E-state index contributed by atoms with van der Waals surface area (Å²) in [5.41, 5.74) is 0.705. The van der Waals surface area contributed by atoms with Gasteiger partial charge in [-0.25, -0.2) is 0 Å². The summed E-state index contributed by atoms with van der Waals surface area (Å²) in [4.78, 5) is 14.0. The monoisotopic (exact) mass is 329 g/mol. The van der Waals surface area contributed by atoms with E-state index in [-0.39, 0.29) is 11.3 Å². The maximum absolute atomic E-state index is 12.6. The average Bonchev–Trinajstić information content (AvgIpc) is 3.16. The van der Waals surface area contributed by atoms with Crippen LogP contribution in [0.3, 0.4) is 0 Å². The normalized spacial score (nSPS) is 16.7. The fraction of sp³-hybridized carbons (Fsp3) is 0.421. The highest BCUT2D eigenvalue weighted by Crippen LogP contribution is 2.41. The molecule has 0 bridgehead atoms. The number of para-hydroxylation sites is 1. The molecule has 2 aromatic rings. The molecule has 0 saturated heterocycles. The first-order chi connectivity index (χ1) is 11.2. The van der Waals surface area contributed by atoms with Crippen molar-refractivity contribution in [2.45, 2.75) is 37.5 Å². The Kier molecular flexibility index (Phi) is 5.01.